The van der Waals surface area contributed by atoms with Crippen LogP contribution in [0, 0.1) is 18.3 Å². The minimum atomic E-state index is 0.341. The first-order chi connectivity index (χ1) is 9.12. The largest absolute Gasteiger partial charge is 0.491 e. The molecule has 0 aliphatic heterocycles. The van der Waals surface area contributed by atoms with Crippen molar-refractivity contribution in [3.63, 3.8) is 0 Å². The third-order valence-corrected chi connectivity index (χ3v) is 2.62. The second-order valence-electron chi connectivity index (χ2n) is 3.85. The molecule has 0 saturated heterocycles. The third kappa shape index (κ3) is 3.15. The molecule has 0 bridgehead atoms. The Morgan fingerprint density at radius 1 is 1.26 bits per heavy atom. The van der Waals surface area contributed by atoms with Gasteiger partial charge in [-0.1, -0.05) is 11.6 Å². The van der Waals surface area contributed by atoms with Crippen LogP contribution in [0.4, 0.5) is 0 Å². The van der Waals surface area contributed by atoms with Crippen LogP contribution >= 0.6 is 11.6 Å². The van der Waals surface area contributed by atoms with Gasteiger partial charge < -0.3 is 9.47 Å². The number of halogens is 1. The summed E-state index contributed by atoms with van der Waals surface area (Å²) in [6.45, 7) is 1.85. The minimum absolute atomic E-state index is 0.341. The number of ether oxygens (including phenoxy) is 2. The predicted molar refractivity (Wildman–Crippen MR) is 71.8 cm³/mol. The fourth-order valence-corrected chi connectivity index (χ4v) is 1.77. The molecule has 0 N–H and O–H groups in total. The summed E-state index contributed by atoms with van der Waals surface area (Å²) in [5, 5.41) is 9.32. The van der Waals surface area contributed by atoms with Crippen LogP contribution in [-0.4, -0.2) is 12.1 Å². The maximum Gasteiger partial charge on any atom is 0.262 e. The molecule has 0 aliphatic rings. The summed E-state index contributed by atoms with van der Waals surface area (Å²) in [5.74, 6) is 1.30. The first-order valence-electron chi connectivity index (χ1n) is 5.52. The van der Waals surface area contributed by atoms with Crippen molar-refractivity contribution in [3.05, 3.63) is 46.6 Å². The van der Waals surface area contributed by atoms with Crippen LogP contribution in [0.25, 0.3) is 0 Å². The van der Waals surface area contributed by atoms with E-state index in [0.717, 1.165) is 5.69 Å². The van der Waals surface area contributed by atoms with E-state index in [4.69, 9.17) is 26.3 Å². The van der Waals surface area contributed by atoms with E-state index in [2.05, 4.69) is 4.98 Å². The molecule has 0 amide bonds. The summed E-state index contributed by atoms with van der Waals surface area (Å²) in [7, 11) is 1.54. The maximum atomic E-state index is 8.89. The van der Waals surface area contributed by atoms with E-state index >= 15 is 0 Å². The topological polar surface area (TPSA) is 55.1 Å². The summed E-state index contributed by atoms with van der Waals surface area (Å²) in [5.41, 5.74) is 1.23. The van der Waals surface area contributed by atoms with Crippen LogP contribution in [0.15, 0.2) is 30.3 Å². The standard InChI is InChI=1S/C14H11ClN2O2/c1-9-3-4-13(18-2)14(17-9)19-12-6-10(8-16)5-11(15)7-12/h3-7H,1-2H3. The van der Waals surface area contributed by atoms with Crippen molar-refractivity contribution in [1.29, 1.82) is 5.26 Å². The lowest BCUT2D eigenvalue weighted by molar-refractivity contribution is 0.369. The van der Waals surface area contributed by atoms with E-state index in [-0.39, 0.29) is 0 Å². The van der Waals surface area contributed by atoms with E-state index in [0.29, 0.717) is 28.0 Å². The summed E-state index contributed by atoms with van der Waals surface area (Å²) in [6, 6.07) is 10.4. The first-order valence-corrected chi connectivity index (χ1v) is 5.90. The van der Waals surface area contributed by atoms with Crippen LogP contribution in [0.1, 0.15) is 11.3 Å². The number of methoxy groups -OCH3 is 1. The number of hydrogen-bond donors (Lipinski definition) is 0. The maximum absolute atomic E-state index is 8.89. The fraction of sp³-hybridized carbons (Fsp3) is 0.143. The summed E-state index contributed by atoms with van der Waals surface area (Å²) >= 11 is 5.92. The molecule has 0 radical (unpaired) electrons. The molecule has 0 saturated carbocycles. The Morgan fingerprint density at radius 3 is 2.74 bits per heavy atom. The van der Waals surface area contributed by atoms with E-state index in [1.165, 1.54) is 7.11 Å². The highest BCUT2D eigenvalue weighted by atomic mass is 35.5. The second kappa shape index (κ2) is 5.59. The third-order valence-electron chi connectivity index (χ3n) is 2.40. The molecule has 2 aromatic rings. The number of nitrogens with zero attached hydrogens (tertiary/aromatic N) is 2. The molecule has 0 unspecified atom stereocenters. The molecule has 0 spiro atoms. The van der Waals surface area contributed by atoms with Crippen LogP contribution in [0.5, 0.6) is 17.4 Å². The number of aromatic nitrogens is 1. The fourth-order valence-electron chi connectivity index (χ4n) is 1.55. The number of aryl methyl sites for hydroxylation is 1. The Bertz CT molecular complexity index is 650. The van der Waals surface area contributed by atoms with Crippen LogP contribution < -0.4 is 9.47 Å². The van der Waals surface area contributed by atoms with Gasteiger partial charge in [0.15, 0.2) is 5.75 Å². The smallest absolute Gasteiger partial charge is 0.262 e. The molecule has 4 nitrogen and oxygen atoms in total. The minimum Gasteiger partial charge on any atom is -0.491 e. The predicted octanol–water partition coefficient (Wildman–Crippen LogP) is 3.72. The van der Waals surface area contributed by atoms with Gasteiger partial charge in [0.25, 0.3) is 5.88 Å². The van der Waals surface area contributed by atoms with Gasteiger partial charge in [-0.15, -0.1) is 0 Å². The zero-order valence-corrected chi connectivity index (χ0v) is 11.2. The SMILES string of the molecule is COc1ccc(C)nc1Oc1cc(Cl)cc(C#N)c1. The number of nitriles is 1. The molecule has 5 heteroatoms. The summed E-state index contributed by atoms with van der Waals surface area (Å²) in [6.07, 6.45) is 0. The normalized spacial score (nSPS) is 9.79. The number of hydrogen-bond acceptors (Lipinski definition) is 4. The Balaban J connectivity index is 2.38. The van der Waals surface area contributed by atoms with Crippen LogP contribution in [-0.2, 0) is 0 Å². The van der Waals surface area contributed by atoms with Gasteiger partial charge in [-0.05, 0) is 37.3 Å². The lowest BCUT2D eigenvalue weighted by Crippen LogP contribution is -1.95. The average Bonchev–Trinajstić information content (AvgIpc) is 2.38. The van der Waals surface area contributed by atoms with Gasteiger partial charge in [0, 0.05) is 10.7 Å². The Morgan fingerprint density at radius 2 is 2.05 bits per heavy atom. The Hall–Kier alpha value is -2.25. The highest BCUT2D eigenvalue weighted by Crippen LogP contribution is 2.31. The van der Waals surface area contributed by atoms with Crippen molar-refractivity contribution >= 4 is 11.6 Å². The van der Waals surface area contributed by atoms with Gasteiger partial charge in [-0.25, -0.2) is 4.98 Å². The van der Waals surface area contributed by atoms with E-state index < -0.39 is 0 Å². The first kappa shape index (κ1) is 13.2. The van der Waals surface area contributed by atoms with Gasteiger partial charge in [-0.2, -0.15) is 5.26 Å². The molecule has 0 aliphatic carbocycles. The molecular formula is C14H11ClN2O2. The molecule has 1 aromatic carbocycles. The van der Waals surface area contributed by atoms with E-state index in [1.54, 1.807) is 24.3 Å². The molecule has 0 fully saturated rings. The molecule has 0 atom stereocenters. The lowest BCUT2D eigenvalue weighted by Gasteiger charge is -2.10. The molecular weight excluding hydrogens is 264 g/mol. The number of rotatable bonds is 3. The van der Waals surface area contributed by atoms with Crippen LogP contribution in [0.2, 0.25) is 5.02 Å². The van der Waals surface area contributed by atoms with Gasteiger partial charge in [-0.3, -0.25) is 0 Å². The molecule has 19 heavy (non-hydrogen) atoms. The van der Waals surface area contributed by atoms with Gasteiger partial charge in [0.05, 0.1) is 18.7 Å². The lowest BCUT2D eigenvalue weighted by atomic mass is 10.2. The van der Waals surface area contributed by atoms with Gasteiger partial charge >= 0.3 is 0 Å². The van der Waals surface area contributed by atoms with Crippen molar-refractivity contribution in [2.75, 3.05) is 7.11 Å². The Kier molecular flexibility index (Phi) is 3.88. The van der Waals surface area contributed by atoms with Crippen molar-refractivity contribution in [3.8, 4) is 23.4 Å². The number of pyridine rings is 1. The quantitative estimate of drug-likeness (QED) is 0.856. The summed E-state index contributed by atoms with van der Waals surface area (Å²) < 4.78 is 10.8. The van der Waals surface area contributed by atoms with Gasteiger partial charge in [0.1, 0.15) is 5.75 Å². The summed E-state index contributed by atoms with van der Waals surface area (Å²) in [4.78, 5) is 4.25. The van der Waals surface area contributed by atoms with Crippen LogP contribution in [0.3, 0.4) is 0 Å². The average molecular weight is 275 g/mol. The number of benzene rings is 1. The van der Waals surface area contributed by atoms with Crippen molar-refractivity contribution in [2.24, 2.45) is 0 Å². The van der Waals surface area contributed by atoms with Crippen molar-refractivity contribution in [1.82, 2.24) is 4.98 Å². The van der Waals surface area contributed by atoms with E-state index in [9.17, 15) is 0 Å². The van der Waals surface area contributed by atoms with Crippen molar-refractivity contribution < 1.29 is 9.47 Å². The molecule has 1 heterocycles. The highest BCUT2D eigenvalue weighted by Gasteiger charge is 2.09. The zero-order valence-electron chi connectivity index (χ0n) is 10.5. The monoisotopic (exact) mass is 274 g/mol. The molecule has 1 aromatic heterocycles. The van der Waals surface area contributed by atoms with Crippen molar-refractivity contribution in [2.45, 2.75) is 6.92 Å². The van der Waals surface area contributed by atoms with E-state index in [1.807, 2.05) is 19.1 Å². The zero-order chi connectivity index (χ0) is 13.8. The second-order valence-corrected chi connectivity index (χ2v) is 4.29. The Labute approximate surface area is 116 Å². The molecule has 96 valence electrons. The highest BCUT2D eigenvalue weighted by molar-refractivity contribution is 6.30. The van der Waals surface area contributed by atoms with Gasteiger partial charge in [0.2, 0.25) is 0 Å². The molecule has 2 rings (SSSR count).